The third-order valence-electron chi connectivity index (χ3n) is 5.67. The van der Waals surface area contributed by atoms with E-state index in [0.717, 1.165) is 16.3 Å². The quantitative estimate of drug-likeness (QED) is 0.0904. The second kappa shape index (κ2) is 12.4. The number of carbonyl (C=O) groups excluding carboxylic acids is 1. The fourth-order valence-corrected chi connectivity index (χ4v) is 4.61. The van der Waals surface area contributed by atoms with E-state index in [-0.39, 0.29) is 28.6 Å². The summed E-state index contributed by atoms with van der Waals surface area (Å²) in [6.07, 6.45) is 1.37. The molecular formula is C29H21BrClN3O5. The van der Waals surface area contributed by atoms with Crippen LogP contribution >= 0.6 is 27.5 Å². The van der Waals surface area contributed by atoms with Crippen molar-refractivity contribution in [3.8, 4) is 17.6 Å². The number of nitrogens with zero attached hydrogens (tertiary/aromatic N) is 2. The van der Waals surface area contributed by atoms with Crippen LogP contribution < -0.4 is 14.8 Å². The van der Waals surface area contributed by atoms with E-state index in [1.165, 1.54) is 24.3 Å². The zero-order valence-corrected chi connectivity index (χ0v) is 23.0. The number of carbonyl (C=O) groups is 1. The Morgan fingerprint density at radius 2 is 1.90 bits per heavy atom. The molecule has 0 aliphatic carbocycles. The molecule has 196 valence electrons. The van der Waals surface area contributed by atoms with Crippen molar-refractivity contribution >= 4 is 61.7 Å². The Labute approximate surface area is 237 Å². The number of hydrogen-bond donors (Lipinski definition) is 1. The van der Waals surface area contributed by atoms with Crippen LogP contribution in [0.2, 0.25) is 5.02 Å². The first-order chi connectivity index (χ1) is 18.8. The van der Waals surface area contributed by atoms with Gasteiger partial charge in [0.05, 0.1) is 22.2 Å². The summed E-state index contributed by atoms with van der Waals surface area (Å²) in [4.78, 5) is 23.2. The van der Waals surface area contributed by atoms with Gasteiger partial charge in [0.15, 0.2) is 11.5 Å². The van der Waals surface area contributed by atoms with Gasteiger partial charge in [0, 0.05) is 16.6 Å². The van der Waals surface area contributed by atoms with Crippen molar-refractivity contribution in [3.05, 3.63) is 109 Å². The van der Waals surface area contributed by atoms with Gasteiger partial charge in [0.1, 0.15) is 18.2 Å². The van der Waals surface area contributed by atoms with Crippen molar-refractivity contribution in [2.45, 2.75) is 13.5 Å². The number of non-ortho nitro benzene ring substituents is 1. The van der Waals surface area contributed by atoms with Crippen molar-refractivity contribution in [2.75, 3.05) is 11.9 Å². The van der Waals surface area contributed by atoms with Crippen LogP contribution in [-0.2, 0) is 11.4 Å². The van der Waals surface area contributed by atoms with E-state index in [0.29, 0.717) is 28.1 Å². The molecule has 0 aliphatic rings. The molecule has 0 saturated heterocycles. The van der Waals surface area contributed by atoms with Crippen LogP contribution in [0.4, 0.5) is 11.4 Å². The molecule has 8 nitrogen and oxygen atoms in total. The van der Waals surface area contributed by atoms with Gasteiger partial charge in [0.25, 0.3) is 11.6 Å². The van der Waals surface area contributed by atoms with Gasteiger partial charge in [-0.05, 0) is 69.0 Å². The van der Waals surface area contributed by atoms with E-state index >= 15 is 0 Å². The first kappa shape index (κ1) is 27.6. The van der Waals surface area contributed by atoms with Gasteiger partial charge >= 0.3 is 0 Å². The highest BCUT2D eigenvalue weighted by atomic mass is 79.9. The van der Waals surface area contributed by atoms with Crippen LogP contribution in [0.5, 0.6) is 11.5 Å². The summed E-state index contributed by atoms with van der Waals surface area (Å²) in [7, 11) is 0. The van der Waals surface area contributed by atoms with Gasteiger partial charge < -0.3 is 14.8 Å². The van der Waals surface area contributed by atoms with Crippen LogP contribution in [0.1, 0.15) is 18.1 Å². The third kappa shape index (κ3) is 6.55. The number of anilines is 1. The molecule has 0 heterocycles. The van der Waals surface area contributed by atoms with Crippen molar-refractivity contribution in [1.82, 2.24) is 0 Å². The Balaban J connectivity index is 1.58. The topological polar surface area (TPSA) is 114 Å². The maximum atomic E-state index is 12.8. The van der Waals surface area contributed by atoms with Gasteiger partial charge in [-0.1, -0.05) is 54.1 Å². The second-order valence-electron chi connectivity index (χ2n) is 8.24. The number of hydrogen-bond acceptors (Lipinski definition) is 6. The van der Waals surface area contributed by atoms with E-state index in [9.17, 15) is 20.2 Å². The lowest BCUT2D eigenvalue weighted by atomic mass is 10.1. The average molecular weight is 607 g/mol. The SMILES string of the molecule is CCOc1cc(C=C(C#N)C(=O)Nc2ccc([N+](=O)[O-])cc2Br)cc(Cl)c1OCc1cccc2ccccc12. The standard InChI is InChI=1S/C29H21BrClN3O5/c1-2-38-27-14-18(12-21(16-32)29(35)33-26-11-10-22(34(36)37)15-24(26)30)13-25(31)28(27)39-17-20-8-5-7-19-6-3-4-9-23(19)20/h3-15H,2,17H2,1H3,(H,33,35). The number of fused-ring (bicyclic) bond motifs is 1. The summed E-state index contributed by atoms with van der Waals surface area (Å²) >= 11 is 9.77. The lowest BCUT2D eigenvalue weighted by Crippen LogP contribution is -2.14. The van der Waals surface area contributed by atoms with Gasteiger partial charge in [-0.15, -0.1) is 0 Å². The minimum atomic E-state index is -0.697. The predicted octanol–water partition coefficient (Wildman–Crippen LogP) is 7.69. The van der Waals surface area contributed by atoms with E-state index < -0.39 is 10.8 Å². The summed E-state index contributed by atoms with van der Waals surface area (Å²) in [5.74, 6) is 0.0195. The van der Waals surface area contributed by atoms with E-state index in [1.54, 1.807) is 12.1 Å². The third-order valence-corrected chi connectivity index (χ3v) is 6.61. The van der Waals surface area contributed by atoms with Crippen LogP contribution in [-0.4, -0.2) is 17.4 Å². The zero-order valence-electron chi connectivity index (χ0n) is 20.6. The number of nitro groups is 1. The molecule has 1 amide bonds. The fraction of sp³-hybridized carbons (Fsp3) is 0.103. The molecule has 39 heavy (non-hydrogen) atoms. The van der Waals surface area contributed by atoms with Crippen LogP contribution in [0.3, 0.4) is 0 Å². The van der Waals surface area contributed by atoms with Crippen molar-refractivity contribution in [1.29, 1.82) is 5.26 Å². The number of halogens is 2. The van der Waals surface area contributed by atoms with E-state index in [1.807, 2.05) is 55.5 Å². The molecule has 0 saturated carbocycles. The molecule has 0 aliphatic heterocycles. The number of nitriles is 1. The number of nitrogens with one attached hydrogen (secondary N) is 1. The smallest absolute Gasteiger partial charge is 0.270 e. The summed E-state index contributed by atoms with van der Waals surface area (Å²) in [6, 6.07) is 23.0. The lowest BCUT2D eigenvalue weighted by molar-refractivity contribution is -0.384. The number of rotatable bonds is 9. The highest BCUT2D eigenvalue weighted by molar-refractivity contribution is 9.10. The van der Waals surface area contributed by atoms with Gasteiger partial charge in [0.2, 0.25) is 0 Å². The van der Waals surface area contributed by atoms with E-state index in [2.05, 4.69) is 21.2 Å². The van der Waals surface area contributed by atoms with Crippen molar-refractivity contribution in [2.24, 2.45) is 0 Å². The summed E-state index contributed by atoms with van der Waals surface area (Å²) in [5.41, 5.74) is 1.36. The Bertz CT molecular complexity index is 1640. The van der Waals surface area contributed by atoms with Crippen molar-refractivity contribution in [3.63, 3.8) is 0 Å². The fourth-order valence-electron chi connectivity index (χ4n) is 3.87. The Kier molecular flexibility index (Phi) is 8.81. The number of nitro benzene ring substituents is 1. The molecule has 4 rings (SSSR count). The molecule has 0 aromatic heterocycles. The normalized spacial score (nSPS) is 11.1. The predicted molar refractivity (Wildman–Crippen MR) is 154 cm³/mol. The largest absolute Gasteiger partial charge is 0.490 e. The van der Waals surface area contributed by atoms with Gasteiger partial charge in [-0.3, -0.25) is 14.9 Å². The maximum Gasteiger partial charge on any atom is 0.270 e. The molecule has 4 aromatic carbocycles. The maximum absolute atomic E-state index is 12.8. The molecule has 0 spiro atoms. The van der Waals surface area contributed by atoms with Gasteiger partial charge in [-0.25, -0.2) is 0 Å². The Hall–Kier alpha value is -4.39. The van der Waals surface area contributed by atoms with Crippen LogP contribution in [0.15, 0.2) is 82.8 Å². The summed E-state index contributed by atoms with van der Waals surface area (Å²) in [5, 5.41) is 25.6. The molecule has 0 bridgehead atoms. The molecule has 0 unspecified atom stereocenters. The van der Waals surface area contributed by atoms with Crippen LogP contribution in [0, 0.1) is 21.4 Å². The first-order valence-electron chi connectivity index (χ1n) is 11.7. The zero-order chi connectivity index (χ0) is 27.9. The Morgan fingerprint density at radius 3 is 2.62 bits per heavy atom. The summed E-state index contributed by atoms with van der Waals surface area (Å²) in [6.45, 7) is 2.42. The summed E-state index contributed by atoms with van der Waals surface area (Å²) < 4.78 is 12.2. The molecule has 0 atom stereocenters. The molecule has 1 N–H and O–H groups in total. The lowest BCUT2D eigenvalue weighted by Gasteiger charge is -2.15. The molecule has 0 radical (unpaired) electrons. The average Bonchev–Trinajstić information content (AvgIpc) is 2.92. The molecule has 10 heteroatoms. The first-order valence-corrected chi connectivity index (χ1v) is 12.9. The number of ether oxygens (including phenoxy) is 2. The highest BCUT2D eigenvalue weighted by Gasteiger charge is 2.17. The monoisotopic (exact) mass is 605 g/mol. The number of amides is 1. The van der Waals surface area contributed by atoms with Crippen molar-refractivity contribution < 1.29 is 19.2 Å². The van der Waals surface area contributed by atoms with Crippen LogP contribution in [0.25, 0.3) is 16.8 Å². The molecule has 4 aromatic rings. The second-order valence-corrected chi connectivity index (χ2v) is 9.50. The van der Waals surface area contributed by atoms with E-state index in [4.69, 9.17) is 21.1 Å². The minimum absolute atomic E-state index is 0.142. The van der Waals surface area contributed by atoms with Gasteiger partial charge in [-0.2, -0.15) is 5.26 Å². The minimum Gasteiger partial charge on any atom is -0.490 e. The molecular weight excluding hydrogens is 586 g/mol. The highest BCUT2D eigenvalue weighted by Crippen LogP contribution is 2.38. The number of benzene rings is 4. The Morgan fingerprint density at radius 1 is 1.13 bits per heavy atom. The molecule has 0 fully saturated rings.